The number of hydrogen-bond donors (Lipinski definition) is 3. The minimum Gasteiger partial charge on any atom is -0.396 e. The van der Waals surface area contributed by atoms with Crippen molar-refractivity contribution in [1.29, 1.82) is 0 Å². The van der Waals surface area contributed by atoms with Crippen LogP contribution in [0.1, 0.15) is 23.0 Å². The van der Waals surface area contributed by atoms with Crippen LogP contribution in [0, 0.1) is 0 Å². The summed E-state index contributed by atoms with van der Waals surface area (Å²) in [6.07, 6.45) is 2.84. The van der Waals surface area contributed by atoms with Crippen molar-refractivity contribution in [3.8, 4) is 0 Å². The number of thioether (sulfide) groups is 1. The molecule has 1 aromatic rings. The molecule has 0 saturated carbocycles. The topological polar surface area (TPSA) is 90.4 Å². The lowest BCUT2D eigenvalue weighted by Gasteiger charge is -2.16. The number of amides is 1. The minimum atomic E-state index is -0.486. The molecular formula is C11H19N3O2S2. The molecule has 0 spiro atoms. The second-order valence-electron chi connectivity index (χ2n) is 3.78. The Morgan fingerprint density at radius 2 is 2.28 bits per heavy atom. The van der Waals surface area contributed by atoms with E-state index < -0.39 is 5.91 Å². The van der Waals surface area contributed by atoms with E-state index in [0.29, 0.717) is 17.2 Å². The maximum Gasteiger partial charge on any atom is 0.261 e. The fraction of sp³-hybridized carbons (Fsp3) is 0.545. The molecule has 18 heavy (non-hydrogen) atoms. The summed E-state index contributed by atoms with van der Waals surface area (Å²) < 4.78 is 5.14. The van der Waals surface area contributed by atoms with Crippen LogP contribution in [-0.4, -0.2) is 31.9 Å². The highest BCUT2D eigenvalue weighted by molar-refractivity contribution is 7.99. The zero-order valence-electron chi connectivity index (χ0n) is 10.8. The maximum absolute atomic E-state index is 11.3. The Bertz CT molecular complexity index is 421. The number of ether oxygens (including phenoxy) is 1. The molecule has 1 heterocycles. The van der Waals surface area contributed by atoms with Crippen LogP contribution in [0.2, 0.25) is 0 Å². The van der Waals surface area contributed by atoms with Gasteiger partial charge in [0.2, 0.25) is 0 Å². The summed E-state index contributed by atoms with van der Waals surface area (Å²) >= 11 is 2.81. The van der Waals surface area contributed by atoms with Gasteiger partial charge in [-0.1, -0.05) is 6.92 Å². The third-order valence-corrected chi connectivity index (χ3v) is 4.64. The Morgan fingerprint density at radius 3 is 2.72 bits per heavy atom. The lowest BCUT2D eigenvalue weighted by molar-refractivity contribution is 0.100. The molecule has 1 amide bonds. The zero-order valence-corrected chi connectivity index (χ0v) is 12.4. The molecule has 0 aliphatic heterocycles. The predicted molar refractivity (Wildman–Crippen MR) is 78.6 cm³/mol. The van der Waals surface area contributed by atoms with Crippen molar-refractivity contribution in [2.45, 2.75) is 24.3 Å². The molecular weight excluding hydrogens is 270 g/mol. The molecule has 102 valence electrons. The van der Waals surface area contributed by atoms with Gasteiger partial charge in [-0.25, -0.2) is 0 Å². The predicted octanol–water partition coefficient (Wildman–Crippen LogP) is 1.99. The van der Waals surface area contributed by atoms with Crippen LogP contribution in [0.3, 0.4) is 0 Å². The Hall–Kier alpha value is -0.920. The van der Waals surface area contributed by atoms with Gasteiger partial charge >= 0.3 is 0 Å². The zero-order chi connectivity index (χ0) is 13.7. The quantitative estimate of drug-likeness (QED) is 0.668. The molecule has 1 aromatic heterocycles. The first kappa shape index (κ1) is 15.1. The third-order valence-electron chi connectivity index (χ3n) is 2.52. The standard InChI is InChI=1S/C11H19N3O2S2/c1-4-6(5-16-2)14-11-9(17-3)7(12)8(18-11)10(13)15/h6,14H,4-5,12H2,1-3H3,(H2,13,15). The Kier molecular flexibility index (Phi) is 5.77. The fourth-order valence-corrected chi connectivity index (χ4v) is 3.51. The van der Waals surface area contributed by atoms with Gasteiger partial charge in [0.1, 0.15) is 9.88 Å². The van der Waals surface area contributed by atoms with E-state index >= 15 is 0 Å². The summed E-state index contributed by atoms with van der Waals surface area (Å²) in [4.78, 5) is 12.6. The molecule has 7 heteroatoms. The summed E-state index contributed by atoms with van der Waals surface area (Å²) in [6.45, 7) is 2.68. The first-order valence-corrected chi connectivity index (χ1v) is 7.60. The van der Waals surface area contributed by atoms with Gasteiger partial charge in [-0.2, -0.15) is 0 Å². The number of primary amides is 1. The van der Waals surface area contributed by atoms with E-state index in [9.17, 15) is 4.79 Å². The van der Waals surface area contributed by atoms with E-state index in [4.69, 9.17) is 16.2 Å². The largest absolute Gasteiger partial charge is 0.396 e. The van der Waals surface area contributed by atoms with E-state index in [-0.39, 0.29) is 6.04 Å². The third kappa shape index (κ3) is 3.30. The lowest BCUT2D eigenvalue weighted by atomic mass is 10.2. The van der Waals surface area contributed by atoms with E-state index in [1.807, 2.05) is 6.26 Å². The van der Waals surface area contributed by atoms with Crippen LogP contribution < -0.4 is 16.8 Å². The second-order valence-corrected chi connectivity index (χ2v) is 5.61. The smallest absolute Gasteiger partial charge is 0.261 e. The number of thiophene rings is 1. The van der Waals surface area contributed by atoms with Crippen molar-refractivity contribution >= 4 is 39.7 Å². The SMILES string of the molecule is CCC(COC)Nc1sc(C(N)=O)c(N)c1SC. The molecule has 5 N–H and O–H groups in total. The first-order chi connectivity index (χ1) is 8.54. The van der Waals surface area contributed by atoms with Gasteiger partial charge in [-0.15, -0.1) is 23.1 Å². The van der Waals surface area contributed by atoms with Crippen LogP contribution in [0.5, 0.6) is 0 Å². The van der Waals surface area contributed by atoms with E-state index in [0.717, 1.165) is 16.3 Å². The molecule has 0 radical (unpaired) electrons. The Labute approximate surface area is 115 Å². The lowest BCUT2D eigenvalue weighted by Crippen LogP contribution is -2.23. The molecule has 1 rings (SSSR count). The number of rotatable bonds is 7. The van der Waals surface area contributed by atoms with Gasteiger partial charge in [-0.05, 0) is 12.7 Å². The minimum absolute atomic E-state index is 0.194. The summed E-state index contributed by atoms with van der Waals surface area (Å²) in [6, 6.07) is 0.194. The van der Waals surface area contributed by atoms with Crippen molar-refractivity contribution in [3.63, 3.8) is 0 Å². The van der Waals surface area contributed by atoms with Crippen molar-refractivity contribution in [1.82, 2.24) is 0 Å². The fourth-order valence-electron chi connectivity index (χ4n) is 1.56. The molecule has 0 fully saturated rings. The summed E-state index contributed by atoms with van der Waals surface area (Å²) in [5.74, 6) is -0.486. The van der Waals surface area contributed by atoms with Crippen molar-refractivity contribution in [2.75, 3.05) is 31.0 Å². The normalized spacial score (nSPS) is 12.4. The molecule has 1 unspecified atom stereocenters. The monoisotopic (exact) mass is 289 g/mol. The van der Waals surface area contributed by atoms with Gasteiger partial charge in [0.05, 0.1) is 17.2 Å². The van der Waals surface area contributed by atoms with E-state index in [2.05, 4.69) is 12.2 Å². The van der Waals surface area contributed by atoms with Gasteiger partial charge in [0.15, 0.2) is 0 Å². The second kappa shape index (κ2) is 6.86. The summed E-state index contributed by atoms with van der Waals surface area (Å²) in [7, 11) is 1.66. The van der Waals surface area contributed by atoms with Gasteiger partial charge in [0.25, 0.3) is 5.91 Å². The van der Waals surface area contributed by atoms with Gasteiger partial charge < -0.3 is 21.5 Å². The number of anilines is 2. The highest BCUT2D eigenvalue weighted by Crippen LogP contribution is 2.41. The summed E-state index contributed by atoms with van der Waals surface area (Å²) in [5, 5.41) is 4.24. The van der Waals surface area contributed by atoms with Crippen LogP contribution in [0.25, 0.3) is 0 Å². The molecule has 5 nitrogen and oxygen atoms in total. The molecule has 1 atom stereocenters. The first-order valence-electron chi connectivity index (χ1n) is 5.56. The molecule has 0 aliphatic rings. The number of methoxy groups -OCH3 is 1. The summed E-state index contributed by atoms with van der Waals surface area (Å²) in [5.41, 5.74) is 11.7. The number of nitrogen functional groups attached to an aromatic ring is 1. The Balaban J connectivity index is 3.00. The van der Waals surface area contributed by atoms with Crippen LogP contribution >= 0.6 is 23.1 Å². The average molecular weight is 289 g/mol. The van der Waals surface area contributed by atoms with Crippen molar-refractivity contribution in [3.05, 3.63) is 4.88 Å². The Morgan fingerprint density at radius 1 is 1.61 bits per heavy atom. The van der Waals surface area contributed by atoms with Crippen LogP contribution in [-0.2, 0) is 4.74 Å². The molecule has 0 saturated heterocycles. The van der Waals surface area contributed by atoms with E-state index in [1.165, 1.54) is 23.1 Å². The number of carbonyl (C=O) groups excluding carboxylic acids is 1. The highest BCUT2D eigenvalue weighted by atomic mass is 32.2. The van der Waals surface area contributed by atoms with E-state index in [1.54, 1.807) is 7.11 Å². The van der Waals surface area contributed by atoms with Crippen molar-refractivity contribution in [2.24, 2.45) is 5.73 Å². The van der Waals surface area contributed by atoms with Crippen LogP contribution in [0.4, 0.5) is 10.7 Å². The molecule has 0 aliphatic carbocycles. The molecule has 0 aromatic carbocycles. The maximum atomic E-state index is 11.3. The van der Waals surface area contributed by atoms with Crippen LogP contribution in [0.15, 0.2) is 4.90 Å². The van der Waals surface area contributed by atoms with Crippen molar-refractivity contribution < 1.29 is 9.53 Å². The van der Waals surface area contributed by atoms with Gasteiger partial charge in [0, 0.05) is 13.2 Å². The number of hydrogen-bond acceptors (Lipinski definition) is 6. The average Bonchev–Trinajstić information content (AvgIpc) is 2.65. The highest BCUT2D eigenvalue weighted by Gasteiger charge is 2.20. The molecule has 0 bridgehead atoms. The number of carbonyl (C=O) groups is 1. The van der Waals surface area contributed by atoms with Gasteiger partial charge in [-0.3, -0.25) is 4.79 Å². The number of nitrogens with two attached hydrogens (primary N) is 2. The number of nitrogens with one attached hydrogen (secondary N) is 1.